The molecule has 2 saturated carbocycles. The number of aromatic hydroxyl groups is 1. The molecule has 9 heteroatoms. The normalized spacial score (nSPS) is 29.9. The van der Waals surface area contributed by atoms with Gasteiger partial charge in [0.1, 0.15) is 5.75 Å². The second-order valence-electron chi connectivity index (χ2n) is 9.86. The van der Waals surface area contributed by atoms with Crippen molar-refractivity contribution in [3.05, 3.63) is 46.8 Å². The standard InChI is InChI=1S/C26H24N2O7/c1-10-5-12(6-11(2)28-10)15-3-4-17(29)20-16(15)8-13-7-14-9-18(30)21(25(27)34)24(33)26(14,35)23(32)19(13)22(20)31/h3-6,13-14,19,21,29,35H,7-9H2,1-2H3,(H2,27,34)/t13-,14+,19?,21?,26+/m1/s1. The Labute approximate surface area is 200 Å². The number of hydrogen-bond acceptors (Lipinski definition) is 8. The van der Waals surface area contributed by atoms with E-state index in [1.165, 1.54) is 6.07 Å². The number of carbonyl (C=O) groups is 5. The lowest BCUT2D eigenvalue weighted by Gasteiger charge is -2.48. The first kappa shape index (κ1) is 23.0. The van der Waals surface area contributed by atoms with Crippen LogP contribution in [0, 0.1) is 37.5 Å². The van der Waals surface area contributed by atoms with Crippen molar-refractivity contribution in [3.63, 3.8) is 0 Å². The molecule has 1 heterocycles. The Morgan fingerprint density at radius 1 is 1.06 bits per heavy atom. The second-order valence-corrected chi connectivity index (χ2v) is 9.86. The van der Waals surface area contributed by atoms with Crippen molar-refractivity contribution in [2.45, 2.75) is 38.7 Å². The van der Waals surface area contributed by atoms with E-state index in [-0.39, 0.29) is 30.6 Å². The van der Waals surface area contributed by atoms with E-state index < -0.39 is 58.3 Å². The van der Waals surface area contributed by atoms with E-state index in [0.717, 1.165) is 22.5 Å². The summed E-state index contributed by atoms with van der Waals surface area (Å²) in [5.74, 6) is -10.1. The summed E-state index contributed by atoms with van der Waals surface area (Å²) in [4.78, 5) is 68.7. The van der Waals surface area contributed by atoms with Crippen LogP contribution < -0.4 is 5.73 Å². The number of fused-ring (bicyclic) bond motifs is 3. The number of nitrogens with zero attached hydrogens (tertiary/aromatic N) is 1. The summed E-state index contributed by atoms with van der Waals surface area (Å²) in [7, 11) is 0. The molecule has 2 fully saturated rings. The average Bonchev–Trinajstić information content (AvgIpc) is 2.75. The summed E-state index contributed by atoms with van der Waals surface area (Å²) in [6.45, 7) is 3.70. The zero-order valence-corrected chi connectivity index (χ0v) is 19.2. The van der Waals surface area contributed by atoms with Gasteiger partial charge < -0.3 is 15.9 Å². The third kappa shape index (κ3) is 3.18. The first-order valence-electron chi connectivity index (χ1n) is 11.4. The molecule has 0 spiro atoms. The molecule has 1 aromatic heterocycles. The number of primary amides is 1. The highest BCUT2D eigenvalue weighted by atomic mass is 16.3. The van der Waals surface area contributed by atoms with Gasteiger partial charge in [-0.1, -0.05) is 6.07 Å². The molecule has 2 unspecified atom stereocenters. The highest BCUT2D eigenvalue weighted by Gasteiger charge is 2.66. The van der Waals surface area contributed by atoms with Crippen LogP contribution in [-0.2, 0) is 25.6 Å². The smallest absolute Gasteiger partial charge is 0.235 e. The molecule has 9 nitrogen and oxygen atoms in total. The van der Waals surface area contributed by atoms with Crippen molar-refractivity contribution in [1.29, 1.82) is 0 Å². The number of aryl methyl sites for hydroxylation is 2. The number of carbonyl (C=O) groups excluding carboxylic acids is 5. The lowest BCUT2D eigenvalue weighted by atomic mass is 9.53. The first-order chi connectivity index (χ1) is 16.4. The first-order valence-corrected chi connectivity index (χ1v) is 11.4. The van der Waals surface area contributed by atoms with Gasteiger partial charge in [0, 0.05) is 23.7 Å². The Morgan fingerprint density at radius 3 is 2.34 bits per heavy atom. The molecule has 1 aromatic carbocycles. The number of ketones is 4. The maximum Gasteiger partial charge on any atom is 0.235 e. The van der Waals surface area contributed by atoms with Crippen LogP contribution in [0.1, 0.15) is 40.2 Å². The summed E-state index contributed by atoms with van der Waals surface area (Å²) < 4.78 is 0. The fourth-order valence-electron chi connectivity index (χ4n) is 6.23. The molecular weight excluding hydrogens is 452 g/mol. The largest absolute Gasteiger partial charge is 0.507 e. The van der Waals surface area contributed by atoms with E-state index in [1.54, 1.807) is 6.07 Å². The van der Waals surface area contributed by atoms with E-state index in [0.29, 0.717) is 5.56 Å². The summed E-state index contributed by atoms with van der Waals surface area (Å²) in [5.41, 5.74) is 6.20. The number of phenols is 1. The molecule has 0 radical (unpaired) electrons. The summed E-state index contributed by atoms with van der Waals surface area (Å²) in [6, 6.07) is 6.82. The van der Waals surface area contributed by atoms with Gasteiger partial charge in [0.05, 0.1) is 11.5 Å². The number of rotatable bonds is 2. The number of hydrogen-bond donors (Lipinski definition) is 3. The predicted octanol–water partition coefficient (Wildman–Crippen LogP) is 1.01. The predicted molar refractivity (Wildman–Crippen MR) is 121 cm³/mol. The maximum atomic E-state index is 13.6. The van der Waals surface area contributed by atoms with E-state index in [4.69, 9.17) is 5.73 Å². The fraction of sp³-hybridized carbons (Fsp3) is 0.385. The number of nitrogens with two attached hydrogens (primary N) is 1. The minimum absolute atomic E-state index is 0.0166. The Bertz CT molecular complexity index is 1340. The van der Waals surface area contributed by atoms with Crippen molar-refractivity contribution in [1.82, 2.24) is 4.98 Å². The molecule has 0 aliphatic heterocycles. The van der Waals surface area contributed by atoms with Crippen LogP contribution in [0.15, 0.2) is 24.3 Å². The summed E-state index contributed by atoms with van der Waals surface area (Å²) in [6.07, 6.45) is -0.0676. The lowest BCUT2D eigenvalue weighted by molar-refractivity contribution is -0.175. The maximum absolute atomic E-state index is 13.6. The molecule has 3 aliphatic rings. The molecule has 5 atom stereocenters. The number of pyridine rings is 1. The van der Waals surface area contributed by atoms with Gasteiger partial charge in [-0.15, -0.1) is 0 Å². The fourth-order valence-corrected chi connectivity index (χ4v) is 6.23. The van der Waals surface area contributed by atoms with Crippen LogP contribution in [0.2, 0.25) is 0 Å². The number of amides is 1. The van der Waals surface area contributed by atoms with E-state index in [9.17, 15) is 34.2 Å². The van der Waals surface area contributed by atoms with Crippen LogP contribution in [0.4, 0.5) is 0 Å². The molecule has 35 heavy (non-hydrogen) atoms. The van der Waals surface area contributed by atoms with Crippen LogP contribution in [0.25, 0.3) is 11.1 Å². The quantitative estimate of drug-likeness (QED) is 0.540. The zero-order chi connectivity index (χ0) is 25.4. The third-order valence-electron chi connectivity index (χ3n) is 7.68. The highest BCUT2D eigenvalue weighted by Crippen LogP contribution is 2.51. The second kappa shape index (κ2) is 7.64. The molecule has 0 saturated heterocycles. The minimum atomic E-state index is -2.64. The number of Topliss-reactive ketones (excluding diaryl/α,β-unsaturated/α-hetero) is 4. The minimum Gasteiger partial charge on any atom is -0.507 e. The summed E-state index contributed by atoms with van der Waals surface area (Å²) >= 11 is 0. The Balaban J connectivity index is 1.63. The summed E-state index contributed by atoms with van der Waals surface area (Å²) in [5, 5.41) is 21.9. The van der Waals surface area contributed by atoms with Crippen molar-refractivity contribution in [2.24, 2.45) is 29.4 Å². The van der Waals surface area contributed by atoms with Gasteiger partial charge in [-0.2, -0.15) is 0 Å². The molecule has 5 rings (SSSR count). The molecule has 180 valence electrons. The van der Waals surface area contributed by atoms with Gasteiger partial charge >= 0.3 is 0 Å². The van der Waals surface area contributed by atoms with Crippen LogP contribution in [0.5, 0.6) is 5.75 Å². The molecular formula is C26H24N2O7. The van der Waals surface area contributed by atoms with Gasteiger partial charge in [0.15, 0.2) is 34.7 Å². The molecule has 1 amide bonds. The average molecular weight is 476 g/mol. The number of benzene rings is 1. The monoisotopic (exact) mass is 476 g/mol. The number of aromatic nitrogens is 1. The number of phenolic OH excluding ortho intramolecular Hbond substituents is 1. The van der Waals surface area contributed by atoms with Gasteiger partial charge in [0.2, 0.25) is 5.91 Å². The molecule has 3 aliphatic carbocycles. The van der Waals surface area contributed by atoms with Crippen LogP contribution >= 0.6 is 0 Å². The van der Waals surface area contributed by atoms with Crippen LogP contribution in [-0.4, -0.2) is 49.8 Å². The van der Waals surface area contributed by atoms with E-state index in [2.05, 4.69) is 4.98 Å². The van der Waals surface area contributed by atoms with Crippen LogP contribution in [0.3, 0.4) is 0 Å². The molecule has 4 N–H and O–H groups in total. The van der Waals surface area contributed by atoms with E-state index in [1.807, 2.05) is 26.0 Å². The zero-order valence-electron chi connectivity index (χ0n) is 19.2. The topological polar surface area (TPSA) is 165 Å². The molecule has 2 aromatic rings. The molecule has 0 bridgehead atoms. The SMILES string of the molecule is Cc1cc(-c2ccc(O)c3c2C[C@H]2C[C@H]4CC(=O)C(C(N)=O)C(=O)[C@@]4(O)C(=O)C2C3=O)cc(C)n1. The van der Waals surface area contributed by atoms with Crippen molar-refractivity contribution < 1.29 is 34.2 Å². The Morgan fingerprint density at radius 2 is 1.71 bits per heavy atom. The number of aliphatic hydroxyl groups is 1. The van der Waals surface area contributed by atoms with Gasteiger partial charge in [0.25, 0.3) is 0 Å². The Kier molecular flexibility index (Phi) is 5.03. The highest BCUT2D eigenvalue weighted by molar-refractivity contribution is 6.31. The van der Waals surface area contributed by atoms with E-state index >= 15 is 0 Å². The van der Waals surface area contributed by atoms with Gasteiger partial charge in [-0.3, -0.25) is 29.0 Å². The van der Waals surface area contributed by atoms with Crippen molar-refractivity contribution >= 4 is 29.0 Å². The van der Waals surface area contributed by atoms with Crippen molar-refractivity contribution in [2.75, 3.05) is 0 Å². The third-order valence-corrected chi connectivity index (χ3v) is 7.68. The Hall–Kier alpha value is -3.72. The lowest BCUT2D eigenvalue weighted by Crippen LogP contribution is -2.68. The van der Waals surface area contributed by atoms with Gasteiger partial charge in [-0.25, -0.2) is 0 Å². The van der Waals surface area contributed by atoms with Crippen molar-refractivity contribution in [3.8, 4) is 16.9 Å². The van der Waals surface area contributed by atoms with Gasteiger partial charge in [-0.05, 0) is 67.5 Å².